The third-order valence-corrected chi connectivity index (χ3v) is 3.59. The van der Waals surface area contributed by atoms with Crippen LogP contribution in [-0.2, 0) is 0 Å². The lowest BCUT2D eigenvalue weighted by Crippen LogP contribution is -2.44. The number of unbranched alkanes of at least 4 members (excludes halogenated alkanes) is 2. The molecule has 0 radical (unpaired) electrons. The van der Waals surface area contributed by atoms with Crippen LogP contribution in [0.2, 0.25) is 0 Å². The summed E-state index contributed by atoms with van der Waals surface area (Å²) in [5.41, 5.74) is 5.64. The predicted octanol–water partition coefficient (Wildman–Crippen LogP) is 3.00. The molecule has 0 saturated heterocycles. The van der Waals surface area contributed by atoms with Gasteiger partial charge >= 0.3 is 0 Å². The molecule has 98 valence electrons. The minimum atomic E-state index is -1.03. The number of hydrogen-bond donors (Lipinski definition) is 2. The van der Waals surface area contributed by atoms with Crippen LogP contribution in [0.3, 0.4) is 0 Å². The van der Waals surface area contributed by atoms with E-state index in [1.54, 1.807) is 0 Å². The zero-order valence-electron chi connectivity index (χ0n) is 10.3. The van der Waals surface area contributed by atoms with Gasteiger partial charge in [0.1, 0.15) is 0 Å². The van der Waals surface area contributed by atoms with Gasteiger partial charge in [0.15, 0.2) is 5.96 Å². The number of amidine groups is 1. The van der Waals surface area contributed by atoms with E-state index in [0.717, 1.165) is 19.3 Å². The smallest absolute Gasteiger partial charge is 0.234 e. The van der Waals surface area contributed by atoms with E-state index < -0.39 is 5.12 Å². The fraction of sp³-hybridized carbons (Fsp3) is 0.818. The van der Waals surface area contributed by atoms with E-state index in [0.29, 0.717) is 0 Å². The Hall–Kier alpha value is -0.480. The fourth-order valence-electron chi connectivity index (χ4n) is 1.96. The molecule has 3 N–H and O–H groups in total. The Morgan fingerprint density at radius 3 is 2.59 bits per heavy atom. The van der Waals surface area contributed by atoms with Crippen LogP contribution in [0, 0.1) is 5.92 Å². The molecule has 0 bridgehead atoms. The molecule has 1 aliphatic rings. The van der Waals surface area contributed by atoms with E-state index in [-0.39, 0.29) is 17.2 Å². The molecule has 1 heterocycles. The maximum absolute atomic E-state index is 6.43. The Balaban J connectivity index is 2.74. The molecule has 1 rings (SSSR count). The van der Waals surface area contributed by atoms with Gasteiger partial charge in [-0.3, -0.25) is 0 Å². The van der Waals surface area contributed by atoms with Crippen LogP contribution in [0.1, 0.15) is 46.0 Å². The molecule has 0 spiro atoms. The predicted molar refractivity (Wildman–Crippen MR) is 74.6 cm³/mol. The summed E-state index contributed by atoms with van der Waals surface area (Å²) >= 11 is 12.3. The second-order valence-electron chi connectivity index (χ2n) is 4.26. The molecule has 2 atom stereocenters. The van der Waals surface area contributed by atoms with Crippen LogP contribution < -0.4 is 11.1 Å². The second kappa shape index (κ2) is 6.45. The lowest BCUT2D eigenvalue weighted by Gasteiger charge is -2.30. The fourth-order valence-corrected chi connectivity index (χ4v) is 2.67. The van der Waals surface area contributed by atoms with Crippen LogP contribution in [0.15, 0.2) is 9.98 Å². The lowest BCUT2D eigenvalue weighted by molar-refractivity contribution is 0.339. The molecule has 0 fully saturated rings. The van der Waals surface area contributed by atoms with Gasteiger partial charge in [-0.1, -0.05) is 44.7 Å². The Bertz CT molecular complexity index is 297. The van der Waals surface area contributed by atoms with E-state index >= 15 is 0 Å². The van der Waals surface area contributed by atoms with Gasteiger partial charge in [-0.25, -0.2) is 9.98 Å². The van der Waals surface area contributed by atoms with Crippen LogP contribution in [0.25, 0.3) is 0 Å². The first-order chi connectivity index (χ1) is 8.01. The normalized spacial score (nSPS) is 25.9. The molecule has 2 unspecified atom stereocenters. The SMILES string of the molecule is CCCCCC(CC)C1(Cl)N=C(N)NC(Cl)=N1. The number of alkyl halides is 1. The maximum atomic E-state index is 6.43. The van der Waals surface area contributed by atoms with Gasteiger partial charge in [0.2, 0.25) is 10.4 Å². The average Bonchev–Trinajstić information content (AvgIpc) is 2.22. The van der Waals surface area contributed by atoms with E-state index in [1.807, 2.05) is 0 Å². The van der Waals surface area contributed by atoms with E-state index in [4.69, 9.17) is 28.9 Å². The minimum Gasteiger partial charge on any atom is -0.370 e. The van der Waals surface area contributed by atoms with Crippen molar-refractivity contribution in [1.29, 1.82) is 0 Å². The quantitative estimate of drug-likeness (QED) is 0.446. The monoisotopic (exact) mass is 278 g/mol. The molecular formula is C11H20Cl2N4. The van der Waals surface area contributed by atoms with Crippen molar-refractivity contribution in [2.75, 3.05) is 0 Å². The number of nitrogens with zero attached hydrogens (tertiary/aromatic N) is 2. The summed E-state index contributed by atoms with van der Waals surface area (Å²) in [4.78, 5) is 8.37. The van der Waals surface area contributed by atoms with Crippen molar-refractivity contribution in [3.63, 3.8) is 0 Å². The maximum Gasteiger partial charge on any atom is 0.234 e. The van der Waals surface area contributed by atoms with Gasteiger partial charge in [0.05, 0.1) is 0 Å². The molecule has 0 aromatic rings. The summed E-state index contributed by atoms with van der Waals surface area (Å²) in [7, 11) is 0. The van der Waals surface area contributed by atoms with Crippen molar-refractivity contribution in [2.45, 2.75) is 51.1 Å². The van der Waals surface area contributed by atoms with Gasteiger partial charge in [0.25, 0.3) is 0 Å². The number of nitrogens with two attached hydrogens (primary N) is 1. The van der Waals surface area contributed by atoms with Crippen molar-refractivity contribution in [2.24, 2.45) is 21.6 Å². The van der Waals surface area contributed by atoms with Crippen LogP contribution in [-0.4, -0.2) is 16.4 Å². The standard InChI is InChI=1S/C11H20Cl2N4/c1-3-5-6-7-8(4-2)11(13)16-9(12)15-10(14)17-11/h8H,3-7H2,1-2H3,(H3,14,15,16,17). The average molecular weight is 279 g/mol. The van der Waals surface area contributed by atoms with Crippen molar-refractivity contribution >= 4 is 34.5 Å². The number of nitrogens with one attached hydrogen (secondary N) is 1. The Labute approximate surface area is 113 Å². The number of hydrogen-bond acceptors (Lipinski definition) is 4. The van der Waals surface area contributed by atoms with Gasteiger partial charge in [-0.15, -0.1) is 0 Å². The molecule has 0 aliphatic carbocycles. The van der Waals surface area contributed by atoms with Gasteiger partial charge in [-0.2, -0.15) is 0 Å². The molecule has 1 aliphatic heterocycles. The van der Waals surface area contributed by atoms with Gasteiger partial charge < -0.3 is 11.1 Å². The number of halogens is 2. The number of rotatable bonds is 6. The zero-order chi connectivity index (χ0) is 12.9. The van der Waals surface area contributed by atoms with E-state index in [9.17, 15) is 0 Å². The van der Waals surface area contributed by atoms with E-state index in [1.165, 1.54) is 12.8 Å². The molecule has 0 amide bonds. The van der Waals surface area contributed by atoms with Crippen molar-refractivity contribution in [1.82, 2.24) is 5.32 Å². The van der Waals surface area contributed by atoms with Crippen LogP contribution in [0.5, 0.6) is 0 Å². The highest BCUT2D eigenvalue weighted by Crippen LogP contribution is 2.36. The molecule has 4 nitrogen and oxygen atoms in total. The second-order valence-corrected chi connectivity index (χ2v) is 5.18. The molecule has 17 heavy (non-hydrogen) atoms. The highest BCUT2D eigenvalue weighted by molar-refractivity contribution is 6.66. The van der Waals surface area contributed by atoms with E-state index in [2.05, 4.69) is 29.1 Å². The summed E-state index contributed by atoms with van der Waals surface area (Å²) in [5, 5.41) is 1.82. The van der Waals surface area contributed by atoms with Crippen molar-refractivity contribution < 1.29 is 0 Å². The molecule has 0 aromatic heterocycles. The van der Waals surface area contributed by atoms with Gasteiger partial charge in [-0.05, 0) is 24.4 Å². The largest absolute Gasteiger partial charge is 0.370 e. The topological polar surface area (TPSA) is 62.8 Å². The molecule has 0 saturated carbocycles. The van der Waals surface area contributed by atoms with Crippen molar-refractivity contribution in [3.05, 3.63) is 0 Å². The Morgan fingerprint density at radius 1 is 1.35 bits per heavy atom. The lowest BCUT2D eigenvalue weighted by atomic mass is 9.95. The number of guanidine groups is 1. The Morgan fingerprint density at radius 2 is 2.06 bits per heavy atom. The molecule has 6 heteroatoms. The summed E-state index contributed by atoms with van der Waals surface area (Å²) < 4.78 is 0. The summed E-state index contributed by atoms with van der Waals surface area (Å²) in [6, 6.07) is 0. The van der Waals surface area contributed by atoms with Crippen molar-refractivity contribution in [3.8, 4) is 0 Å². The minimum absolute atomic E-state index is 0.158. The summed E-state index contributed by atoms with van der Waals surface area (Å²) in [6.45, 7) is 4.25. The zero-order valence-corrected chi connectivity index (χ0v) is 11.9. The van der Waals surface area contributed by atoms with Gasteiger partial charge in [0, 0.05) is 5.92 Å². The summed E-state index contributed by atoms with van der Waals surface area (Å²) in [5.74, 6) is 0.388. The Kier molecular flexibility index (Phi) is 5.53. The first-order valence-electron chi connectivity index (χ1n) is 6.08. The highest BCUT2D eigenvalue weighted by atomic mass is 35.5. The molecular weight excluding hydrogens is 259 g/mol. The number of aliphatic imine (C=N–C) groups is 2. The van der Waals surface area contributed by atoms with Crippen LogP contribution in [0.4, 0.5) is 0 Å². The first-order valence-corrected chi connectivity index (χ1v) is 6.84. The molecule has 0 aromatic carbocycles. The summed E-state index contributed by atoms with van der Waals surface area (Å²) in [6.07, 6.45) is 5.39. The third-order valence-electron chi connectivity index (χ3n) is 2.93. The third kappa shape index (κ3) is 4.03. The first kappa shape index (κ1) is 14.6. The van der Waals surface area contributed by atoms with Crippen LogP contribution >= 0.6 is 23.2 Å². The highest BCUT2D eigenvalue weighted by Gasteiger charge is 2.37.